The summed E-state index contributed by atoms with van der Waals surface area (Å²) in [6.45, 7) is 1.94. The van der Waals surface area contributed by atoms with E-state index >= 15 is 0 Å². The van der Waals surface area contributed by atoms with Crippen LogP contribution in [0.25, 0.3) is 0 Å². The minimum absolute atomic E-state index is 0.186. The Hall–Kier alpha value is -0.600. The van der Waals surface area contributed by atoms with Crippen LogP contribution in [0.1, 0.15) is 11.1 Å². The smallest absolute Gasteiger partial charge is 0.128 e. The molecule has 0 aliphatic heterocycles. The molecular formula is C8H9ClFN. The van der Waals surface area contributed by atoms with Crippen LogP contribution in [0.5, 0.6) is 0 Å². The molecule has 0 aliphatic carbocycles. The van der Waals surface area contributed by atoms with E-state index in [0.29, 0.717) is 10.6 Å². The molecule has 60 valence electrons. The molecule has 0 saturated carbocycles. The van der Waals surface area contributed by atoms with Crippen molar-refractivity contribution in [1.82, 2.24) is 0 Å². The Balaban J connectivity index is 3.21. The Morgan fingerprint density at radius 2 is 2.18 bits per heavy atom. The summed E-state index contributed by atoms with van der Waals surface area (Å²) in [5.74, 6) is -0.283. The Labute approximate surface area is 70.0 Å². The van der Waals surface area contributed by atoms with Crippen LogP contribution < -0.4 is 5.73 Å². The minimum atomic E-state index is -0.283. The molecule has 1 aromatic rings. The number of halogens is 2. The summed E-state index contributed by atoms with van der Waals surface area (Å²) in [4.78, 5) is 0. The number of aryl methyl sites for hydroxylation is 1. The second-order valence-corrected chi connectivity index (χ2v) is 2.80. The van der Waals surface area contributed by atoms with Crippen molar-refractivity contribution in [2.45, 2.75) is 13.5 Å². The van der Waals surface area contributed by atoms with Crippen molar-refractivity contribution in [3.63, 3.8) is 0 Å². The van der Waals surface area contributed by atoms with Gasteiger partial charge in [-0.1, -0.05) is 11.6 Å². The van der Waals surface area contributed by atoms with Gasteiger partial charge in [0.05, 0.1) is 0 Å². The van der Waals surface area contributed by atoms with Gasteiger partial charge in [-0.15, -0.1) is 0 Å². The van der Waals surface area contributed by atoms with E-state index in [-0.39, 0.29) is 12.4 Å². The molecule has 0 aliphatic rings. The number of nitrogens with two attached hydrogens (primary N) is 1. The maximum Gasteiger partial charge on any atom is 0.128 e. The number of hydrogen-bond donors (Lipinski definition) is 1. The largest absolute Gasteiger partial charge is 0.326 e. The fourth-order valence-corrected chi connectivity index (χ4v) is 1.03. The third-order valence-corrected chi connectivity index (χ3v) is 1.95. The molecule has 3 heteroatoms. The Morgan fingerprint density at radius 3 is 2.73 bits per heavy atom. The maximum atomic E-state index is 12.9. The predicted molar refractivity (Wildman–Crippen MR) is 44.0 cm³/mol. The lowest BCUT2D eigenvalue weighted by Gasteiger charge is -2.02. The van der Waals surface area contributed by atoms with Crippen LogP contribution in [-0.2, 0) is 6.54 Å². The summed E-state index contributed by atoms with van der Waals surface area (Å²) in [5, 5.41) is 0.562. The summed E-state index contributed by atoms with van der Waals surface area (Å²) in [6.07, 6.45) is 0. The van der Waals surface area contributed by atoms with Crippen molar-refractivity contribution >= 4 is 11.6 Å². The highest BCUT2D eigenvalue weighted by molar-refractivity contribution is 6.31. The van der Waals surface area contributed by atoms with Gasteiger partial charge in [-0.25, -0.2) is 4.39 Å². The van der Waals surface area contributed by atoms with Gasteiger partial charge < -0.3 is 5.73 Å². The third-order valence-electron chi connectivity index (χ3n) is 1.55. The fourth-order valence-electron chi connectivity index (χ4n) is 0.844. The first-order valence-electron chi connectivity index (χ1n) is 3.29. The molecule has 0 atom stereocenters. The van der Waals surface area contributed by atoms with Crippen LogP contribution in [0.15, 0.2) is 12.1 Å². The maximum absolute atomic E-state index is 12.9. The normalized spacial score (nSPS) is 10.2. The van der Waals surface area contributed by atoms with Gasteiger partial charge in [0.25, 0.3) is 0 Å². The molecule has 0 bridgehead atoms. The standard InChI is InChI=1S/C8H9ClFN/c1-5-2-8(10)6(4-11)3-7(5)9/h2-3H,4,11H2,1H3. The summed E-state index contributed by atoms with van der Waals surface area (Å²) < 4.78 is 12.9. The molecule has 1 aromatic carbocycles. The van der Waals surface area contributed by atoms with E-state index in [1.165, 1.54) is 6.07 Å². The van der Waals surface area contributed by atoms with Crippen molar-refractivity contribution in [2.75, 3.05) is 0 Å². The second kappa shape index (κ2) is 3.20. The predicted octanol–water partition coefficient (Wildman–Crippen LogP) is 2.25. The molecule has 1 nitrogen and oxygen atoms in total. The highest BCUT2D eigenvalue weighted by Gasteiger charge is 2.03. The van der Waals surface area contributed by atoms with Crippen LogP contribution in [0.3, 0.4) is 0 Å². The number of rotatable bonds is 1. The van der Waals surface area contributed by atoms with Crippen molar-refractivity contribution in [3.8, 4) is 0 Å². The molecule has 11 heavy (non-hydrogen) atoms. The Kier molecular flexibility index (Phi) is 2.47. The Bertz CT molecular complexity index is 273. The van der Waals surface area contributed by atoms with Gasteiger partial charge in [0.2, 0.25) is 0 Å². The summed E-state index contributed by atoms with van der Waals surface area (Å²) >= 11 is 5.74. The molecule has 0 fully saturated rings. The van der Waals surface area contributed by atoms with E-state index in [0.717, 1.165) is 5.56 Å². The molecule has 0 aromatic heterocycles. The Morgan fingerprint density at radius 1 is 1.55 bits per heavy atom. The topological polar surface area (TPSA) is 26.0 Å². The van der Waals surface area contributed by atoms with E-state index < -0.39 is 0 Å². The molecule has 0 spiro atoms. The van der Waals surface area contributed by atoms with Crippen LogP contribution in [0.4, 0.5) is 4.39 Å². The second-order valence-electron chi connectivity index (χ2n) is 2.40. The molecule has 0 amide bonds. The van der Waals surface area contributed by atoms with E-state index in [2.05, 4.69) is 0 Å². The van der Waals surface area contributed by atoms with Crippen LogP contribution in [-0.4, -0.2) is 0 Å². The van der Waals surface area contributed by atoms with Gasteiger partial charge in [0.1, 0.15) is 5.82 Å². The molecule has 0 radical (unpaired) electrons. The molecule has 0 heterocycles. The van der Waals surface area contributed by atoms with E-state index in [1.54, 1.807) is 13.0 Å². The monoisotopic (exact) mass is 173 g/mol. The first kappa shape index (κ1) is 8.50. The van der Waals surface area contributed by atoms with E-state index in [4.69, 9.17) is 17.3 Å². The fraction of sp³-hybridized carbons (Fsp3) is 0.250. The van der Waals surface area contributed by atoms with Crippen molar-refractivity contribution in [3.05, 3.63) is 34.1 Å². The number of hydrogen-bond acceptors (Lipinski definition) is 1. The third kappa shape index (κ3) is 1.70. The molecule has 0 unspecified atom stereocenters. The van der Waals surface area contributed by atoms with Crippen molar-refractivity contribution in [2.24, 2.45) is 5.73 Å². The summed E-state index contributed by atoms with van der Waals surface area (Å²) in [5.41, 5.74) is 6.47. The zero-order chi connectivity index (χ0) is 8.43. The molecule has 2 N–H and O–H groups in total. The number of benzene rings is 1. The quantitative estimate of drug-likeness (QED) is 0.693. The lowest BCUT2D eigenvalue weighted by Crippen LogP contribution is -2.00. The van der Waals surface area contributed by atoms with Gasteiger partial charge in [0, 0.05) is 17.1 Å². The lowest BCUT2D eigenvalue weighted by molar-refractivity contribution is 0.609. The first-order valence-corrected chi connectivity index (χ1v) is 3.67. The van der Waals surface area contributed by atoms with Gasteiger partial charge in [0.15, 0.2) is 0 Å². The molecule has 1 rings (SSSR count). The van der Waals surface area contributed by atoms with Crippen LogP contribution in [0, 0.1) is 12.7 Å². The van der Waals surface area contributed by atoms with Crippen molar-refractivity contribution in [1.29, 1.82) is 0 Å². The average molecular weight is 174 g/mol. The summed E-state index contributed by atoms with van der Waals surface area (Å²) in [7, 11) is 0. The molecular weight excluding hydrogens is 165 g/mol. The highest BCUT2D eigenvalue weighted by Crippen LogP contribution is 2.19. The van der Waals surface area contributed by atoms with Gasteiger partial charge in [-0.3, -0.25) is 0 Å². The van der Waals surface area contributed by atoms with Crippen LogP contribution in [0.2, 0.25) is 5.02 Å². The zero-order valence-corrected chi connectivity index (χ0v) is 6.95. The van der Waals surface area contributed by atoms with Gasteiger partial charge >= 0.3 is 0 Å². The van der Waals surface area contributed by atoms with Crippen LogP contribution >= 0.6 is 11.6 Å². The average Bonchev–Trinajstić information content (AvgIpc) is 1.97. The first-order chi connectivity index (χ1) is 5.15. The lowest BCUT2D eigenvalue weighted by atomic mass is 10.1. The molecule has 0 saturated heterocycles. The van der Waals surface area contributed by atoms with Gasteiger partial charge in [-0.2, -0.15) is 0 Å². The van der Waals surface area contributed by atoms with E-state index in [1.807, 2.05) is 0 Å². The van der Waals surface area contributed by atoms with Gasteiger partial charge in [-0.05, 0) is 24.6 Å². The van der Waals surface area contributed by atoms with Crippen molar-refractivity contribution < 1.29 is 4.39 Å². The summed E-state index contributed by atoms with van der Waals surface area (Å²) in [6, 6.07) is 2.96. The highest BCUT2D eigenvalue weighted by atomic mass is 35.5. The van der Waals surface area contributed by atoms with E-state index in [9.17, 15) is 4.39 Å². The zero-order valence-electron chi connectivity index (χ0n) is 6.20. The SMILES string of the molecule is Cc1cc(F)c(CN)cc1Cl. The minimum Gasteiger partial charge on any atom is -0.326 e.